The van der Waals surface area contributed by atoms with Crippen molar-refractivity contribution in [3.05, 3.63) is 35.4 Å². The normalized spacial score (nSPS) is 17.5. The van der Waals surface area contributed by atoms with Gasteiger partial charge in [-0.1, -0.05) is 18.3 Å². The molecule has 1 aliphatic rings. The molecule has 0 bridgehead atoms. The topological polar surface area (TPSA) is 86.6 Å². The number of aliphatic carboxylic acids is 1. The van der Waals surface area contributed by atoms with Gasteiger partial charge in [0.25, 0.3) is 5.91 Å². The minimum Gasteiger partial charge on any atom is -0.480 e. The predicted molar refractivity (Wildman–Crippen MR) is 85.9 cm³/mol. The molecule has 3 N–H and O–H groups in total. The SMILES string of the molecule is C[C@H](NC(=O)c1ccc(C#CC2(O)CCCCC2)cc1)C(=O)O. The molecule has 2 rings (SSSR count). The first-order valence-electron chi connectivity index (χ1n) is 7.79. The summed E-state index contributed by atoms with van der Waals surface area (Å²) in [5.74, 6) is 4.37. The fourth-order valence-corrected chi connectivity index (χ4v) is 2.50. The summed E-state index contributed by atoms with van der Waals surface area (Å²) in [7, 11) is 0. The molecule has 122 valence electrons. The number of rotatable bonds is 3. The first kappa shape index (κ1) is 17.0. The van der Waals surface area contributed by atoms with Crippen molar-refractivity contribution in [1.29, 1.82) is 0 Å². The molecular formula is C18H21NO4. The van der Waals surface area contributed by atoms with Crippen molar-refractivity contribution in [2.75, 3.05) is 0 Å². The Kier molecular flexibility index (Phi) is 5.41. The number of carboxylic acids is 1. The van der Waals surface area contributed by atoms with E-state index in [1.165, 1.54) is 6.92 Å². The fourth-order valence-electron chi connectivity index (χ4n) is 2.50. The number of nitrogens with one attached hydrogen (secondary N) is 1. The predicted octanol–water partition coefficient (Wildman–Crippen LogP) is 1.94. The Morgan fingerprint density at radius 3 is 2.35 bits per heavy atom. The molecule has 0 aliphatic heterocycles. The zero-order valence-electron chi connectivity index (χ0n) is 13.1. The van der Waals surface area contributed by atoms with Gasteiger partial charge in [0.15, 0.2) is 0 Å². The third kappa shape index (κ3) is 4.83. The maximum Gasteiger partial charge on any atom is 0.325 e. The van der Waals surface area contributed by atoms with E-state index in [0.29, 0.717) is 24.0 Å². The van der Waals surface area contributed by atoms with Crippen LogP contribution in [-0.4, -0.2) is 33.7 Å². The third-order valence-corrected chi connectivity index (χ3v) is 3.99. The van der Waals surface area contributed by atoms with Crippen molar-refractivity contribution < 1.29 is 19.8 Å². The lowest BCUT2D eigenvalue weighted by molar-refractivity contribution is -0.138. The van der Waals surface area contributed by atoms with Gasteiger partial charge < -0.3 is 15.5 Å². The Morgan fingerprint density at radius 2 is 1.78 bits per heavy atom. The molecule has 1 saturated carbocycles. The zero-order valence-corrected chi connectivity index (χ0v) is 13.1. The molecule has 0 radical (unpaired) electrons. The van der Waals surface area contributed by atoms with Crippen LogP contribution in [0, 0.1) is 11.8 Å². The second kappa shape index (κ2) is 7.30. The Labute approximate surface area is 135 Å². The van der Waals surface area contributed by atoms with Crippen LogP contribution in [-0.2, 0) is 4.79 Å². The molecule has 1 fully saturated rings. The Balaban J connectivity index is 2.02. The van der Waals surface area contributed by atoms with E-state index < -0.39 is 23.5 Å². The summed E-state index contributed by atoms with van der Waals surface area (Å²) in [4.78, 5) is 22.6. The van der Waals surface area contributed by atoms with Crippen LogP contribution in [0.5, 0.6) is 0 Å². The lowest BCUT2D eigenvalue weighted by Crippen LogP contribution is -2.38. The van der Waals surface area contributed by atoms with Crippen molar-refractivity contribution in [2.24, 2.45) is 0 Å². The van der Waals surface area contributed by atoms with Gasteiger partial charge in [0.05, 0.1) is 0 Å². The Morgan fingerprint density at radius 1 is 1.17 bits per heavy atom. The molecule has 1 aliphatic carbocycles. The van der Waals surface area contributed by atoms with E-state index in [4.69, 9.17) is 5.11 Å². The summed E-state index contributed by atoms with van der Waals surface area (Å²) >= 11 is 0. The number of hydrogen-bond donors (Lipinski definition) is 3. The van der Waals surface area contributed by atoms with Gasteiger partial charge in [-0.15, -0.1) is 0 Å². The van der Waals surface area contributed by atoms with Gasteiger partial charge in [-0.3, -0.25) is 9.59 Å². The van der Waals surface area contributed by atoms with E-state index in [-0.39, 0.29) is 0 Å². The first-order chi connectivity index (χ1) is 10.9. The summed E-state index contributed by atoms with van der Waals surface area (Å²) in [6, 6.07) is 5.64. The molecule has 0 heterocycles. The van der Waals surface area contributed by atoms with Gasteiger partial charge in [0.1, 0.15) is 11.6 Å². The van der Waals surface area contributed by atoms with Crippen LogP contribution in [0.15, 0.2) is 24.3 Å². The van der Waals surface area contributed by atoms with E-state index in [1.54, 1.807) is 24.3 Å². The minimum absolute atomic E-state index is 0.375. The van der Waals surface area contributed by atoms with Crippen LogP contribution < -0.4 is 5.32 Å². The second-order valence-corrected chi connectivity index (χ2v) is 5.95. The summed E-state index contributed by atoms with van der Waals surface area (Å²) in [6.45, 7) is 1.41. The molecule has 0 unspecified atom stereocenters. The molecule has 1 amide bonds. The van der Waals surface area contributed by atoms with Crippen LogP contribution in [0.2, 0.25) is 0 Å². The number of aliphatic hydroxyl groups is 1. The Bertz CT molecular complexity index is 633. The molecule has 0 spiro atoms. The number of carboxylic acid groups (broad SMARTS) is 1. The van der Waals surface area contributed by atoms with Crippen molar-refractivity contribution in [2.45, 2.75) is 50.7 Å². The van der Waals surface area contributed by atoms with Gasteiger partial charge in [0, 0.05) is 11.1 Å². The summed E-state index contributed by atoms with van der Waals surface area (Å²) in [6.07, 6.45) is 4.53. The molecule has 0 aromatic heterocycles. The van der Waals surface area contributed by atoms with Crippen LogP contribution in [0.25, 0.3) is 0 Å². The molecule has 1 aromatic carbocycles. The summed E-state index contributed by atoms with van der Waals surface area (Å²) in [5, 5.41) is 21.5. The zero-order chi connectivity index (χ0) is 16.9. The monoisotopic (exact) mass is 315 g/mol. The number of carbonyl (C=O) groups excluding carboxylic acids is 1. The highest BCUT2D eigenvalue weighted by Crippen LogP contribution is 2.27. The highest BCUT2D eigenvalue weighted by Gasteiger charge is 2.26. The largest absolute Gasteiger partial charge is 0.480 e. The lowest BCUT2D eigenvalue weighted by atomic mass is 9.85. The number of hydrogen-bond acceptors (Lipinski definition) is 3. The van der Waals surface area contributed by atoms with Gasteiger partial charge in [0.2, 0.25) is 0 Å². The third-order valence-electron chi connectivity index (χ3n) is 3.99. The standard InChI is InChI=1S/C18H21NO4/c1-13(17(21)22)19-16(20)15-7-5-14(6-8-15)9-12-18(23)10-3-2-4-11-18/h5-8,13,23H,2-4,10-11H2,1H3,(H,19,20)(H,21,22)/t13-/m0/s1. The molecular weight excluding hydrogens is 294 g/mol. The molecule has 1 aromatic rings. The maximum absolute atomic E-state index is 11.9. The smallest absolute Gasteiger partial charge is 0.325 e. The van der Waals surface area contributed by atoms with Crippen molar-refractivity contribution in [3.8, 4) is 11.8 Å². The van der Waals surface area contributed by atoms with E-state index in [2.05, 4.69) is 17.2 Å². The number of carbonyl (C=O) groups is 2. The van der Waals surface area contributed by atoms with Gasteiger partial charge in [-0.2, -0.15) is 0 Å². The highest BCUT2D eigenvalue weighted by molar-refractivity contribution is 5.96. The summed E-state index contributed by atoms with van der Waals surface area (Å²) in [5.41, 5.74) is 0.192. The van der Waals surface area contributed by atoms with Gasteiger partial charge in [-0.25, -0.2) is 0 Å². The van der Waals surface area contributed by atoms with E-state index in [0.717, 1.165) is 19.3 Å². The van der Waals surface area contributed by atoms with Crippen LogP contribution in [0.1, 0.15) is 54.9 Å². The van der Waals surface area contributed by atoms with Gasteiger partial charge >= 0.3 is 5.97 Å². The minimum atomic E-state index is -1.08. The molecule has 1 atom stereocenters. The van der Waals surface area contributed by atoms with E-state index >= 15 is 0 Å². The van der Waals surface area contributed by atoms with Crippen LogP contribution in [0.3, 0.4) is 0 Å². The average molecular weight is 315 g/mol. The highest BCUT2D eigenvalue weighted by atomic mass is 16.4. The van der Waals surface area contributed by atoms with Crippen LogP contribution >= 0.6 is 0 Å². The summed E-state index contributed by atoms with van der Waals surface area (Å²) < 4.78 is 0. The van der Waals surface area contributed by atoms with Crippen LogP contribution in [0.4, 0.5) is 0 Å². The van der Waals surface area contributed by atoms with E-state index in [1.807, 2.05) is 0 Å². The number of amides is 1. The van der Waals surface area contributed by atoms with Crippen molar-refractivity contribution >= 4 is 11.9 Å². The van der Waals surface area contributed by atoms with Crippen molar-refractivity contribution in [3.63, 3.8) is 0 Å². The second-order valence-electron chi connectivity index (χ2n) is 5.95. The Hall–Kier alpha value is -2.32. The molecule has 23 heavy (non-hydrogen) atoms. The maximum atomic E-state index is 11.9. The quantitative estimate of drug-likeness (QED) is 0.744. The first-order valence-corrected chi connectivity index (χ1v) is 7.79. The van der Waals surface area contributed by atoms with Gasteiger partial charge in [-0.05, 0) is 56.9 Å². The number of benzene rings is 1. The molecule has 0 saturated heterocycles. The molecule has 5 nitrogen and oxygen atoms in total. The van der Waals surface area contributed by atoms with Crippen molar-refractivity contribution in [1.82, 2.24) is 5.32 Å². The van der Waals surface area contributed by atoms with E-state index in [9.17, 15) is 14.7 Å². The molecule has 5 heteroatoms. The fraction of sp³-hybridized carbons (Fsp3) is 0.444. The average Bonchev–Trinajstić information content (AvgIpc) is 2.54. The lowest BCUT2D eigenvalue weighted by Gasteiger charge is -2.26.